The summed E-state index contributed by atoms with van der Waals surface area (Å²) in [5.74, 6) is 0. The smallest absolute Gasteiger partial charge is 0.0651 e. The van der Waals surface area contributed by atoms with E-state index in [1.54, 1.807) is 0 Å². The van der Waals surface area contributed by atoms with Gasteiger partial charge in [-0.1, -0.05) is 141 Å². The highest BCUT2D eigenvalue weighted by Crippen LogP contribution is 2.51. The van der Waals surface area contributed by atoms with E-state index in [4.69, 9.17) is 0 Å². The summed E-state index contributed by atoms with van der Waals surface area (Å²) in [7, 11) is 0. The van der Waals surface area contributed by atoms with Crippen molar-refractivity contribution in [2.24, 2.45) is 0 Å². The summed E-state index contributed by atoms with van der Waals surface area (Å²) in [5.41, 5.74) is 17.3. The Bertz CT molecular complexity index is 3140. The van der Waals surface area contributed by atoms with Crippen LogP contribution in [0.15, 0.2) is 188 Å². The molecule has 1 aliphatic carbocycles. The molecule has 0 unspecified atom stereocenters. The average molecular weight is 749 g/mol. The van der Waals surface area contributed by atoms with Crippen molar-refractivity contribution in [3.05, 3.63) is 204 Å². The summed E-state index contributed by atoms with van der Waals surface area (Å²) in [6, 6.07) is 69.3. The summed E-state index contributed by atoms with van der Waals surface area (Å²) in [6.45, 7) is 6.93. The highest BCUT2D eigenvalue weighted by atomic mass is 32.1. The highest BCUT2D eigenvalue weighted by molar-refractivity contribution is 7.20. The summed E-state index contributed by atoms with van der Waals surface area (Å²) < 4.78 is 3.76. The Labute approximate surface area is 337 Å². The quantitative estimate of drug-likeness (QED) is 0.164. The van der Waals surface area contributed by atoms with Crippen LogP contribution in [0.25, 0.3) is 71.0 Å². The standard InChI is InChI=1S/C54H40N2S/c1-35-32-52-53(57-35)47-33-40(24-31-51(47)56(52)42-27-20-37(21-28-42)36-12-5-4-6-13-36)38-22-25-41(26-23-38)55(50-19-11-15-39-14-7-8-16-44(39)50)43-29-30-46-45-17-9-10-18-48(45)54(2,3)49(46)34-43/h4-34H,1-3H3. The SMILES string of the molecule is Cc1cc2c(s1)c1cc(-c3ccc(N(c4ccc5c(c4)C(C)(C)c4ccccc4-5)c4cccc5ccccc45)cc3)ccc1n2-c1ccc(-c2ccccc2)cc1. The van der Waals surface area contributed by atoms with Crippen molar-refractivity contribution in [2.75, 3.05) is 4.90 Å². The lowest BCUT2D eigenvalue weighted by Gasteiger charge is -2.29. The largest absolute Gasteiger partial charge is 0.310 e. The second kappa shape index (κ2) is 12.9. The molecule has 0 atom stereocenters. The predicted molar refractivity (Wildman–Crippen MR) is 244 cm³/mol. The van der Waals surface area contributed by atoms with E-state index in [1.165, 1.54) is 92.7 Å². The summed E-state index contributed by atoms with van der Waals surface area (Å²) in [5, 5.41) is 3.75. The Hall–Kier alpha value is -6.68. The third-order valence-corrected chi connectivity index (χ3v) is 13.2. The number of anilines is 3. The number of rotatable bonds is 6. The first kappa shape index (κ1) is 33.6. The van der Waals surface area contributed by atoms with Gasteiger partial charge in [0.25, 0.3) is 0 Å². The van der Waals surface area contributed by atoms with Crippen molar-refractivity contribution in [1.29, 1.82) is 0 Å². The van der Waals surface area contributed by atoms with Gasteiger partial charge in [0, 0.05) is 38.1 Å². The first-order chi connectivity index (χ1) is 27.9. The highest BCUT2D eigenvalue weighted by Gasteiger charge is 2.35. The molecule has 0 amide bonds. The Morgan fingerprint density at radius 1 is 0.474 bits per heavy atom. The molecule has 272 valence electrons. The van der Waals surface area contributed by atoms with Gasteiger partial charge in [-0.15, -0.1) is 11.3 Å². The monoisotopic (exact) mass is 748 g/mol. The summed E-state index contributed by atoms with van der Waals surface area (Å²) >= 11 is 1.88. The third-order valence-electron chi connectivity index (χ3n) is 12.1. The summed E-state index contributed by atoms with van der Waals surface area (Å²) in [6.07, 6.45) is 0. The Morgan fingerprint density at radius 3 is 1.96 bits per heavy atom. The minimum atomic E-state index is -0.0913. The minimum Gasteiger partial charge on any atom is -0.310 e. The van der Waals surface area contributed by atoms with Crippen molar-refractivity contribution in [1.82, 2.24) is 4.57 Å². The van der Waals surface area contributed by atoms with Gasteiger partial charge in [-0.2, -0.15) is 0 Å². The van der Waals surface area contributed by atoms with Crippen molar-refractivity contribution in [3.8, 4) is 39.1 Å². The van der Waals surface area contributed by atoms with E-state index in [0.717, 1.165) is 11.4 Å². The number of hydrogen-bond acceptors (Lipinski definition) is 2. The lowest BCUT2D eigenvalue weighted by Crippen LogP contribution is -2.16. The van der Waals surface area contributed by atoms with Crippen LogP contribution < -0.4 is 4.90 Å². The Kier molecular flexibility index (Phi) is 7.64. The molecule has 0 saturated carbocycles. The van der Waals surface area contributed by atoms with Crippen LogP contribution in [0.3, 0.4) is 0 Å². The van der Waals surface area contributed by atoms with Gasteiger partial charge in [-0.05, 0) is 117 Å². The van der Waals surface area contributed by atoms with E-state index < -0.39 is 0 Å². The van der Waals surface area contributed by atoms with Crippen LogP contribution in [0.4, 0.5) is 17.1 Å². The average Bonchev–Trinajstić information content (AvgIpc) is 3.86. The number of nitrogens with zero attached hydrogens (tertiary/aromatic N) is 2. The topological polar surface area (TPSA) is 8.17 Å². The molecule has 1 aliphatic rings. The molecular weight excluding hydrogens is 709 g/mol. The Balaban J connectivity index is 1.00. The third kappa shape index (κ3) is 5.38. The number of hydrogen-bond donors (Lipinski definition) is 0. The number of thiophene rings is 1. The number of fused-ring (bicyclic) bond motifs is 7. The van der Waals surface area contributed by atoms with Crippen LogP contribution in [0.5, 0.6) is 0 Å². The zero-order valence-corrected chi connectivity index (χ0v) is 33.0. The van der Waals surface area contributed by atoms with Gasteiger partial charge >= 0.3 is 0 Å². The molecule has 0 spiro atoms. The predicted octanol–water partition coefficient (Wildman–Crippen LogP) is 15.4. The summed E-state index contributed by atoms with van der Waals surface area (Å²) in [4.78, 5) is 3.76. The molecule has 2 heterocycles. The van der Waals surface area contributed by atoms with Crippen molar-refractivity contribution >= 4 is 60.3 Å². The molecule has 0 saturated heterocycles. The normalized spacial score (nSPS) is 13.0. The van der Waals surface area contributed by atoms with Gasteiger partial charge in [0.05, 0.1) is 21.4 Å². The molecule has 11 rings (SSSR count). The lowest BCUT2D eigenvalue weighted by atomic mass is 9.82. The maximum absolute atomic E-state index is 2.44. The van der Waals surface area contributed by atoms with Crippen molar-refractivity contribution in [2.45, 2.75) is 26.2 Å². The maximum Gasteiger partial charge on any atom is 0.0651 e. The molecule has 57 heavy (non-hydrogen) atoms. The Morgan fingerprint density at radius 2 is 1.12 bits per heavy atom. The fourth-order valence-corrected chi connectivity index (χ4v) is 10.3. The molecule has 0 aliphatic heterocycles. The van der Waals surface area contributed by atoms with Crippen LogP contribution >= 0.6 is 11.3 Å². The van der Waals surface area contributed by atoms with Gasteiger partial charge in [0.2, 0.25) is 0 Å². The van der Waals surface area contributed by atoms with E-state index in [0.29, 0.717) is 0 Å². The number of aromatic nitrogens is 1. The van der Waals surface area contributed by atoms with E-state index in [2.05, 4.69) is 218 Å². The molecule has 2 aromatic heterocycles. The fraction of sp³-hybridized carbons (Fsp3) is 0.0741. The van der Waals surface area contributed by atoms with E-state index in [9.17, 15) is 0 Å². The van der Waals surface area contributed by atoms with Crippen LogP contribution in [0.1, 0.15) is 29.9 Å². The van der Waals surface area contributed by atoms with E-state index >= 15 is 0 Å². The van der Waals surface area contributed by atoms with Crippen LogP contribution in [0, 0.1) is 6.92 Å². The van der Waals surface area contributed by atoms with Crippen LogP contribution in [-0.4, -0.2) is 4.57 Å². The number of benzene rings is 8. The lowest BCUT2D eigenvalue weighted by molar-refractivity contribution is 0.660. The molecule has 10 aromatic rings. The number of aryl methyl sites for hydroxylation is 1. The van der Waals surface area contributed by atoms with Gasteiger partial charge in [0.15, 0.2) is 0 Å². The first-order valence-electron chi connectivity index (χ1n) is 19.8. The second-order valence-corrected chi connectivity index (χ2v) is 17.1. The molecular formula is C54H40N2S. The molecule has 3 heteroatoms. The van der Waals surface area contributed by atoms with E-state index in [1.807, 2.05) is 11.3 Å². The fourth-order valence-electron chi connectivity index (χ4n) is 9.26. The molecule has 0 radical (unpaired) electrons. The van der Waals surface area contributed by atoms with Crippen LogP contribution in [-0.2, 0) is 5.41 Å². The molecule has 8 aromatic carbocycles. The molecule has 2 nitrogen and oxygen atoms in total. The zero-order valence-electron chi connectivity index (χ0n) is 32.2. The van der Waals surface area contributed by atoms with Crippen LogP contribution in [0.2, 0.25) is 0 Å². The van der Waals surface area contributed by atoms with Crippen molar-refractivity contribution in [3.63, 3.8) is 0 Å². The van der Waals surface area contributed by atoms with Gasteiger partial charge < -0.3 is 9.47 Å². The molecule has 0 N–H and O–H groups in total. The molecule has 0 fully saturated rings. The van der Waals surface area contributed by atoms with Crippen molar-refractivity contribution < 1.29 is 0 Å². The maximum atomic E-state index is 2.44. The van der Waals surface area contributed by atoms with Gasteiger partial charge in [-0.3, -0.25) is 0 Å². The minimum absolute atomic E-state index is 0.0913. The second-order valence-electron chi connectivity index (χ2n) is 15.8. The van der Waals surface area contributed by atoms with Gasteiger partial charge in [-0.25, -0.2) is 0 Å². The van der Waals surface area contributed by atoms with Gasteiger partial charge in [0.1, 0.15) is 0 Å². The first-order valence-corrected chi connectivity index (χ1v) is 20.6. The molecule has 0 bridgehead atoms. The van der Waals surface area contributed by atoms with E-state index in [-0.39, 0.29) is 5.41 Å². The zero-order chi connectivity index (χ0) is 38.3.